The number of rotatable bonds is 2. The van der Waals surface area contributed by atoms with Gasteiger partial charge in [0.05, 0.1) is 5.41 Å². The second kappa shape index (κ2) is 5.91. The number of anilines is 1. The summed E-state index contributed by atoms with van der Waals surface area (Å²) in [4.78, 5) is 12.1. The summed E-state index contributed by atoms with van der Waals surface area (Å²) in [7, 11) is 0. The van der Waals surface area contributed by atoms with Crippen molar-refractivity contribution in [2.75, 3.05) is 18.4 Å². The number of carbonyl (C=O) groups excluding carboxylic acids is 1. The van der Waals surface area contributed by atoms with Gasteiger partial charge in [-0.05, 0) is 44.5 Å². The van der Waals surface area contributed by atoms with Crippen LogP contribution in [0.5, 0.6) is 0 Å². The molecule has 1 amide bonds. The number of hydrogen-bond donors (Lipinski definition) is 2. The number of hydrogen-bond acceptors (Lipinski definition) is 2. The van der Waals surface area contributed by atoms with Crippen LogP contribution in [0, 0.1) is 12.3 Å². The molecule has 1 aromatic rings. The SMILES string of the molecule is Cc1ccc(NC(=O)C2(C)CCNC2)cc1Cl.Cl. The molecule has 1 saturated heterocycles. The second-order valence-electron chi connectivity index (χ2n) is 4.91. The lowest BCUT2D eigenvalue weighted by molar-refractivity contribution is -0.123. The predicted octanol–water partition coefficient (Wildman–Crippen LogP) is 3.01. The molecule has 0 saturated carbocycles. The third-order valence-electron chi connectivity index (χ3n) is 3.35. The first-order chi connectivity index (χ1) is 8.01. The largest absolute Gasteiger partial charge is 0.326 e. The maximum atomic E-state index is 12.1. The van der Waals surface area contributed by atoms with E-state index in [4.69, 9.17) is 11.6 Å². The van der Waals surface area contributed by atoms with Crippen LogP contribution in [0.2, 0.25) is 5.02 Å². The standard InChI is InChI=1S/C13H17ClN2O.ClH/c1-9-3-4-10(7-11(9)14)16-12(17)13(2)5-6-15-8-13;/h3-4,7,15H,5-6,8H2,1-2H3,(H,16,17);1H. The number of carbonyl (C=O) groups is 1. The van der Waals surface area contributed by atoms with Gasteiger partial charge in [0, 0.05) is 17.3 Å². The fourth-order valence-corrected chi connectivity index (χ4v) is 2.14. The summed E-state index contributed by atoms with van der Waals surface area (Å²) in [5, 5.41) is 6.82. The smallest absolute Gasteiger partial charge is 0.231 e. The van der Waals surface area contributed by atoms with Gasteiger partial charge < -0.3 is 10.6 Å². The Labute approximate surface area is 119 Å². The summed E-state index contributed by atoms with van der Waals surface area (Å²) in [6, 6.07) is 5.58. The molecule has 1 heterocycles. The fourth-order valence-electron chi connectivity index (χ4n) is 1.96. The maximum absolute atomic E-state index is 12.1. The molecule has 1 aliphatic rings. The number of halogens is 2. The second-order valence-corrected chi connectivity index (χ2v) is 5.31. The summed E-state index contributed by atoms with van der Waals surface area (Å²) >= 11 is 6.03. The van der Waals surface area contributed by atoms with Crippen LogP contribution in [0.15, 0.2) is 18.2 Å². The Kier molecular flexibility index (Phi) is 5.02. The lowest BCUT2D eigenvalue weighted by atomic mass is 9.89. The number of amides is 1. The lowest BCUT2D eigenvalue weighted by Gasteiger charge is -2.21. The quantitative estimate of drug-likeness (QED) is 0.878. The van der Waals surface area contributed by atoms with E-state index in [-0.39, 0.29) is 23.7 Å². The first kappa shape index (κ1) is 15.3. The van der Waals surface area contributed by atoms with E-state index in [1.54, 1.807) is 6.07 Å². The average molecular weight is 289 g/mol. The van der Waals surface area contributed by atoms with Crippen molar-refractivity contribution in [1.82, 2.24) is 5.32 Å². The van der Waals surface area contributed by atoms with Crippen molar-refractivity contribution in [3.63, 3.8) is 0 Å². The van der Waals surface area contributed by atoms with Crippen LogP contribution >= 0.6 is 24.0 Å². The highest BCUT2D eigenvalue weighted by Crippen LogP contribution is 2.27. The van der Waals surface area contributed by atoms with Crippen LogP contribution in [0.4, 0.5) is 5.69 Å². The van der Waals surface area contributed by atoms with Crippen LogP contribution in [0.1, 0.15) is 18.9 Å². The molecule has 100 valence electrons. The molecule has 1 aliphatic heterocycles. The van der Waals surface area contributed by atoms with E-state index in [9.17, 15) is 4.79 Å². The van der Waals surface area contributed by atoms with E-state index in [1.165, 1.54) is 0 Å². The molecule has 0 bridgehead atoms. The van der Waals surface area contributed by atoms with Crippen LogP contribution in [-0.4, -0.2) is 19.0 Å². The molecule has 1 atom stereocenters. The summed E-state index contributed by atoms with van der Waals surface area (Å²) in [6.45, 7) is 5.56. The normalized spacial score (nSPS) is 22.4. The van der Waals surface area contributed by atoms with Gasteiger partial charge in [-0.3, -0.25) is 4.79 Å². The van der Waals surface area contributed by atoms with E-state index in [1.807, 2.05) is 26.0 Å². The topological polar surface area (TPSA) is 41.1 Å². The molecular weight excluding hydrogens is 271 g/mol. The zero-order valence-electron chi connectivity index (χ0n) is 10.5. The molecule has 3 nitrogen and oxygen atoms in total. The first-order valence-electron chi connectivity index (χ1n) is 5.80. The van der Waals surface area contributed by atoms with Gasteiger partial charge >= 0.3 is 0 Å². The van der Waals surface area contributed by atoms with Crippen molar-refractivity contribution in [2.24, 2.45) is 5.41 Å². The number of aryl methyl sites for hydroxylation is 1. The summed E-state index contributed by atoms with van der Waals surface area (Å²) in [5.41, 5.74) is 1.47. The molecule has 2 N–H and O–H groups in total. The van der Waals surface area contributed by atoms with Gasteiger partial charge in [-0.2, -0.15) is 0 Å². The molecule has 0 aromatic heterocycles. The maximum Gasteiger partial charge on any atom is 0.231 e. The number of benzene rings is 1. The third kappa shape index (κ3) is 3.16. The van der Waals surface area contributed by atoms with Gasteiger partial charge in [0.1, 0.15) is 0 Å². The molecule has 2 rings (SSSR count). The van der Waals surface area contributed by atoms with E-state index in [0.717, 1.165) is 30.8 Å². The Balaban J connectivity index is 0.00000162. The molecular formula is C13H18Cl2N2O. The highest BCUT2D eigenvalue weighted by Gasteiger charge is 2.36. The monoisotopic (exact) mass is 288 g/mol. The fraction of sp³-hybridized carbons (Fsp3) is 0.462. The summed E-state index contributed by atoms with van der Waals surface area (Å²) in [5.74, 6) is 0.0578. The Bertz CT molecular complexity index is 443. The van der Waals surface area contributed by atoms with Gasteiger partial charge in [0.2, 0.25) is 5.91 Å². The molecule has 5 heteroatoms. The number of nitrogens with one attached hydrogen (secondary N) is 2. The molecule has 18 heavy (non-hydrogen) atoms. The molecule has 0 radical (unpaired) electrons. The molecule has 0 aliphatic carbocycles. The van der Waals surface area contributed by atoms with Gasteiger partial charge in [0.15, 0.2) is 0 Å². The predicted molar refractivity (Wildman–Crippen MR) is 77.7 cm³/mol. The molecule has 0 spiro atoms. The van der Waals surface area contributed by atoms with Crippen molar-refractivity contribution in [3.8, 4) is 0 Å². The van der Waals surface area contributed by atoms with Crippen molar-refractivity contribution in [3.05, 3.63) is 28.8 Å². The first-order valence-corrected chi connectivity index (χ1v) is 6.17. The zero-order valence-corrected chi connectivity index (χ0v) is 12.1. The van der Waals surface area contributed by atoms with Crippen LogP contribution < -0.4 is 10.6 Å². The molecule has 1 aromatic carbocycles. The van der Waals surface area contributed by atoms with Crippen LogP contribution in [0.3, 0.4) is 0 Å². The highest BCUT2D eigenvalue weighted by molar-refractivity contribution is 6.31. The van der Waals surface area contributed by atoms with E-state index < -0.39 is 0 Å². The van der Waals surface area contributed by atoms with Crippen LogP contribution in [0.25, 0.3) is 0 Å². The minimum Gasteiger partial charge on any atom is -0.326 e. The Morgan fingerprint density at radius 2 is 2.22 bits per heavy atom. The van der Waals surface area contributed by atoms with Crippen molar-refractivity contribution in [1.29, 1.82) is 0 Å². The Morgan fingerprint density at radius 3 is 2.78 bits per heavy atom. The molecule has 1 fully saturated rings. The summed E-state index contributed by atoms with van der Waals surface area (Å²) < 4.78 is 0. The van der Waals surface area contributed by atoms with E-state index in [0.29, 0.717) is 5.02 Å². The van der Waals surface area contributed by atoms with Gasteiger partial charge in [0.25, 0.3) is 0 Å². The van der Waals surface area contributed by atoms with Crippen molar-refractivity contribution < 1.29 is 4.79 Å². The lowest BCUT2D eigenvalue weighted by Crippen LogP contribution is -2.35. The average Bonchev–Trinajstić information content (AvgIpc) is 2.72. The highest BCUT2D eigenvalue weighted by atomic mass is 35.5. The van der Waals surface area contributed by atoms with Crippen LogP contribution in [-0.2, 0) is 4.79 Å². The van der Waals surface area contributed by atoms with Crippen molar-refractivity contribution >= 4 is 35.6 Å². The minimum atomic E-state index is -0.308. The minimum absolute atomic E-state index is 0. The Hall–Kier alpha value is -0.770. The Morgan fingerprint density at radius 1 is 1.50 bits per heavy atom. The molecule has 1 unspecified atom stereocenters. The third-order valence-corrected chi connectivity index (χ3v) is 3.75. The van der Waals surface area contributed by atoms with Gasteiger partial charge in [-0.1, -0.05) is 17.7 Å². The van der Waals surface area contributed by atoms with Crippen molar-refractivity contribution in [2.45, 2.75) is 20.3 Å². The van der Waals surface area contributed by atoms with E-state index >= 15 is 0 Å². The summed E-state index contributed by atoms with van der Waals surface area (Å²) in [6.07, 6.45) is 0.873. The van der Waals surface area contributed by atoms with E-state index in [2.05, 4.69) is 10.6 Å². The van der Waals surface area contributed by atoms with Gasteiger partial charge in [-0.25, -0.2) is 0 Å². The zero-order chi connectivity index (χ0) is 12.5. The van der Waals surface area contributed by atoms with Gasteiger partial charge in [-0.15, -0.1) is 12.4 Å².